The average molecular weight is 392 g/mol. The van der Waals surface area contributed by atoms with E-state index in [4.69, 9.17) is 9.47 Å². The van der Waals surface area contributed by atoms with Crippen LogP contribution in [0.1, 0.15) is 25.3 Å². The van der Waals surface area contributed by atoms with E-state index in [1.54, 1.807) is 13.3 Å². The Morgan fingerprint density at radius 3 is 2.70 bits per heavy atom. The number of benzene rings is 1. The standard InChI is InChI=1S/C20H25N3O3.ClH/c1-14-11-16(8-10-21-14)20(24)23-13-15-7-9-22-19(12-15)26-18-5-3-17(25-2)4-6-18;/h3-7,9,12,14,16,21H,8,10-11,13H2,1-2H3,(H,23,24);1H/t14-,16-;/m0./s1. The van der Waals surface area contributed by atoms with Gasteiger partial charge in [0.2, 0.25) is 11.8 Å². The second-order valence-corrected chi connectivity index (χ2v) is 6.57. The Morgan fingerprint density at radius 1 is 1.26 bits per heavy atom. The van der Waals surface area contributed by atoms with Crippen molar-refractivity contribution in [3.63, 3.8) is 0 Å². The first-order valence-electron chi connectivity index (χ1n) is 8.92. The first-order chi connectivity index (χ1) is 12.6. The fourth-order valence-electron chi connectivity index (χ4n) is 3.08. The molecule has 1 aromatic heterocycles. The summed E-state index contributed by atoms with van der Waals surface area (Å²) in [6, 6.07) is 11.4. The first kappa shape index (κ1) is 21.0. The molecular weight excluding hydrogens is 366 g/mol. The minimum absolute atomic E-state index is 0. The lowest BCUT2D eigenvalue weighted by Gasteiger charge is -2.27. The zero-order valence-electron chi connectivity index (χ0n) is 15.6. The van der Waals surface area contributed by atoms with Gasteiger partial charge in [-0.05, 0) is 62.2 Å². The number of carbonyl (C=O) groups is 1. The number of rotatable bonds is 6. The summed E-state index contributed by atoms with van der Waals surface area (Å²) in [5.41, 5.74) is 0.957. The molecule has 1 aromatic carbocycles. The van der Waals surface area contributed by atoms with E-state index in [1.807, 2.05) is 36.4 Å². The molecule has 0 unspecified atom stereocenters. The van der Waals surface area contributed by atoms with Gasteiger partial charge in [0.1, 0.15) is 11.5 Å². The summed E-state index contributed by atoms with van der Waals surface area (Å²) in [5, 5.41) is 6.39. The summed E-state index contributed by atoms with van der Waals surface area (Å²) in [4.78, 5) is 16.6. The first-order valence-corrected chi connectivity index (χ1v) is 8.92. The van der Waals surface area contributed by atoms with Crippen molar-refractivity contribution in [3.8, 4) is 17.4 Å². The van der Waals surface area contributed by atoms with Crippen LogP contribution in [0.3, 0.4) is 0 Å². The molecule has 146 valence electrons. The second-order valence-electron chi connectivity index (χ2n) is 6.57. The lowest BCUT2D eigenvalue weighted by Crippen LogP contribution is -2.42. The van der Waals surface area contributed by atoms with Gasteiger partial charge in [-0.25, -0.2) is 4.98 Å². The van der Waals surface area contributed by atoms with Gasteiger partial charge in [-0.2, -0.15) is 0 Å². The molecule has 1 aliphatic heterocycles. The van der Waals surface area contributed by atoms with Gasteiger partial charge >= 0.3 is 0 Å². The number of ether oxygens (including phenoxy) is 2. The van der Waals surface area contributed by atoms with Gasteiger partial charge < -0.3 is 20.1 Å². The Kier molecular flexibility index (Phi) is 7.88. The molecular formula is C20H26ClN3O3. The smallest absolute Gasteiger partial charge is 0.223 e. The molecule has 3 rings (SSSR count). The van der Waals surface area contributed by atoms with Crippen molar-refractivity contribution in [2.75, 3.05) is 13.7 Å². The van der Waals surface area contributed by atoms with Crippen molar-refractivity contribution in [3.05, 3.63) is 48.2 Å². The highest BCUT2D eigenvalue weighted by atomic mass is 35.5. The van der Waals surface area contributed by atoms with Gasteiger partial charge in [0.25, 0.3) is 0 Å². The van der Waals surface area contributed by atoms with Gasteiger partial charge in [0, 0.05) is 30.8 Å². The highest BCUT2D eigenvalue weighted by Crippen LogP contribution is 2.23. The largest absolute Gasteiger partial charge is 0.497 e. The number of pyridine rings is 1. The quantitative estimate of drug-likeness (QED) is 0.790. The number of hydrogen-bond acceptors (Lipinski definition) is 5. The second kappa shape index (κ2) is 10.1. The Hall–Kier alpha value is -2.31. The van der Waals surface area contributed by atoms with E-state index in [0.717, 1.165) is 30.7 Å². The van der Waals surface area contributed by atoms with E-state index in [0.29, 0.717) is 24.2 Å². The molecule has 1 fully saturated rings. The molecule has 6 nitrogen and oxygen atoms in total. The third-order valence-electron chi connectivity index (χ3n) is 4.54. The highest BCUT2D eigenvalue weighted by Gasteiger charge is 2.24. The number of halogens is 1. The van der Waals surface area contributed by atoms with Crippen molar-refractivity contribution in [2.45, 2.75) is 32.4 Å². The third-order valence-corrected chi connectivity index (χ3v) is 4.54. The maximum atomic E-state index is 12.4. The van der Waals surface area contributed by atoms with Crippen molar-refractivity contribution >= 4 is 18.3 Å². The van der Waals surface area contributed by atoms with Gasteiger partial charge in [-0.1, -0.05) is 0 Å². The summed E-state index contributed by atoms with van der Waals surface area (Å²) < 4.78 is 10.9. The van der Waals surface area contributed by atoms with E-state index >= 15 is 0 Å². The lowest BCUT2D eigenvalue weighted by atomic mass is 9.92. The van der Waals surface area contributed by atoms with Gasteiger partial charge in [-0.3, -0.25) is 4.79 Å². The maximum absolute atomic E-state index is 12.4. The fraction of sp³-hybridized carbons (Fsp3) is 0.400. The van der Waals surface area contributed by atoms with E-state index in [9.17, 15) is 4.79 Å². The third kappa shape index (κ3) is 6.12. The minimum atomic E-state index is 0. The van der Waals surface area contributed by atoms with Gasteiger partial charge in [-0.15, -0.1) is 12.4 Å². The molecule has 2 heterocycles. The Balaban J connectivity index is 0.00000261. The van der Waals surface area contributed by atoms with Gasteiger partial charge in [0.15, 0.2) is 0 Å². The summed E-state index contributed by atoms with van der Waals surface area (Å²) in [6.07, 6.45) is 3.46. The van der Waals surface area contributed by atoms with Crippen LogP contribution in [-0.4, -0.2) is 30.6 Å². The number of amides is 1. The number of nitrogens with one attached hydrogen (secondary N) is 2. The Morgan fingerprint density at radius 2 is 2.00 bits per heavy atom. The molecule has 0 radical (unpaired) electrons. The summed E-state index contributed by atoms with van der Waals surface area (Å²) in [5.74, 6) is 2.16. The molecule has 7 heteroatoms. The number of piperidine rings is 1. The molecule has 27 heavy (non-hydrogen) atoms. The van der Waals surface area contributed by atoms with Crippen LogP contribution in [0.25, 0.3) is 0 Å². The molecule has 2 atom stereocenters. The van der Waals surface area contributed by atoms with Crippen LogP contribution < -0.4 is 20.1 Å². The minimum Gasteiger partial charge on any atom is -0.497 e. The number of nitrogens with zero attached hydrogens (tertiary/aromatic N) is 1. The van der Waals surface area contributed by atoms with Crippen LogP contribution in [0.15, 0.2) is 42.6 Å². The highest BCUT2D eigenvalue weighted by molar-refractivity contribution is 5.85. The van der Waals surface area contributed by atoms with E-state index in [2.05, 4.69) is 22.5 Å². The van der Waals surface area contributed by atoms with Crippen LogP contribution in [0.5, 0.6) is 17.4 Å². The summed E-state index contributed by atoms with van der Waals surface area (Å²) in [7, 11) is 1.62. The zero-order valence-corrected chi connectivity index (χ0v) is 16.4. The van der Waals surface area contributed by atoms with Crippen molar-refractivity contribution in [2.24, 2.45) is 5.92 Å². The molecule has 0 spiro atoms. The van der Waals surface area contributed by atoms with Crippen molar-refractivity contribution < 1.29 is 14.3 Å². The maximum Gasteiger partial charge on any atom is 0.223 e. The Bertz CT molecular complexity index is 740. The predicted molar refractivity (Wildman–Crippen MR) is 107 cm³/mol. The monoisotopic (exact) mass is 391 g/mol. The zero-order chi connectivity index (χ0) is 18.4. The predicted octanol–water partition coefficient (Wildman–Crippen LogP) is 3.31. The van der Waals surface area contributed by atoms with E-state index in [1.165, 1.54) is 0 Å². The molecule has 2 N–H and O–H groups in total. The van der Waals surface area contributed by atoms with Crippen LogP contribution in [0.4, 0.5) is 0 Å². The van der Waals surface area contributed by atoms with Crippen LogP contribution >= 0.6 is 12.4 Å². The van der Waals surface area contributed by atoms with Crippen molar-refractivity contribution in [1.82, 2.24) is 15.6 Å². The summed E-state index contributed by atoms with van der Waals surface area (Å²) in [6.45, 7) is 3.48. The molecule has 0 bridgehead atoms. The normalized spacial score (nSPS) is 18.9. The number of carbonyl (C=O) groups excluding carboxylic acids is 1. The molecule has 1 aliphatic rings. The van der Waals surface area contributed by atoms with Crippen LogP contribution in [-0.2, 0) is 11.3 Å². The Labute approximate surface area is 166 Å². The van der Waals surface area contributed by atoms with E-state index in [-0.39, 0.29) is 24.2 Å². The number of aromatic nitrogens is 1. The van der Waals surface area contributed by atoms with E-state index < -0.39 is 0 Å². The average Bonchev–Trinajstić information content (AvgIpc) is 2.67. The molecule has 1 saturated heterocycles. The molecule has 0 aliphatic carbocycles. The van der Waals surface area contributed by atoms with Gasteiger partial charge in [0.05, 0.1) is 7.11 Å². The summed E-state index contributed by atoms with van der Waals surface area (Å²) >= 11 is 0. The number of hydrogen-bond donors (Lipinski definition) is 2. The van der Waals surface area contributed by atoms with Crippen molar-refractivity contribution in [1.29, 1.82) is 0 Å². The lowest BCUT2D eigenvalue weighted by molar-refractivity contribution is -0.126. The topological polar surface area (TPSA) is 72.5 Å². The molecule has 2 aromatic rings. The number of methoxy groups -OCH3 is 1. The van der Waals surface area contributed by atoms with Crippen LogP contribution in [0.2, 0.25) is 0 Å². The SMILES string of the molecule is COc1ccc(Oc2cc(CNC(=O)[C@H]3CCN[C@@H](C)C3)ccn2)cc1.Cl. The molecule has 1 amide bonds. The molecule has 0 saturated carbocycles. The fourth-order valence-corrected chi connectivity index (χ4v) is 3.08. The van der Waals surface area contributed by atoms with Crippen LogP contribution in [0, 0.1) is 5.92 Å².